The fourth-order valence-corrected chi connectivity index (χ4v) is 4.10. The van der Waals surface area contributed by atoms with Crippen molar-refractivity contribution >= 4 is 23.4 Å². The normalized spacial score (nSPS) is 14.8. The molecule has 1 aliphatic rings. The number of esters is 1. The summed E-state index contributed by atoms with van der Waals surface area (Å²) in [5.41, 5.74) is 1.76. The predicted molar refractivity (Wildman–Crippen MR) is 141 cm³/mol. The van der Waals surface area contributed by atoms with E-state index in [0.717, 1.165) is 18.5 Å². The third kappa shape index (κ3) is 6.15. The van der Waals surface area contributed by atoms with Crippen LogP contribution in [0.5, 0.6) is 17.2 Å². The maximum atomic E-state index is 12.3. The maximum Gasteiger partial charge on any atom is 0.339 e. The number of aromatic nitrogens is 3. The zero-order chi connectivity index (χ0) is 27.4. The predicted octanol–water partition coefficient (Wildman–Crippen LogP) is 4.62. The summed E-state index contributed by atoms with van der Waals surface area (Å²) >= 11 is 0. The van der Waals surface area contributed by atoms with Crippen LogP contribution in [0.1, 0.15) is 22.7 Å². The van der Waals surface area contributed by atoms with E-state index in [9.17, 15) is 9.59 Å². The number of benzene rings is 2. The van der Waals surface area contributed by atoms with Crippen LogP contribution in [0.4, 0.5) is 11.5 Å². The van der Waals surface area contributed by atoms with Crippen molar-refractivity contribution in [1.29, 1.82) is 0 Å². The van der Waals surface area contributed by atoms with E-state index in [4.69, 9.17) is 18.6 Å². The number of rotatable bonds is 9. The van der Waals surface area contributed by atoms with Gasteiger partial charge in [-0.3, -0.25) is 4.79 Å². The first-order valence-corrected chi connectivity index (χ1v) is 12.3. The van der Waals surface area contributed by atoms with E-state index in [1.165, 1.54) is 13.3 Å². The Balaban J connectivity index is 1.36. The smallest absolute Gasteiger partial charge is 0.339 e. The molecule has 0 bridgehead atoms. The first-order valence-electron chi connectivity index (χ1n) is 12.3. The minimum atomic E-state index is -0.465. The summed E-state index contributed by atoms with van der Waals surface area (Å²) in [6.45, 7) is 2.71. The van der Waals surface area contributed by atoms with Gasteiger partial charge in [-0.1, -0.05) is 0 Å². The summed E-state index contributed by atoms with van der Waals surface area (Å²) < 4.78 is 22.4. The van der Waals surface area contributed by atoms with E-state index in [-0.39, 0.29) is 18.4 Å². The van der Waals surface area contributed by atoms with Crippen molar-refractivity contribution in [2.75, 3.05) is 32.6 Å². The lowest BCUT2D eigenvalue weighted by atomic mass is 10.1. The van der Waals surface area contributed by atoms with E-state index in [1.54, 1.807) is 61.3 Å². The molecule has 11 nitrogen and oxygen atoms in total. The molecule has 4 aromatic rings. The van der Waals surface area contributed by atoms with Gasteiger partial charge in [0.1, 0.15) is 23.1 Å². The van der Waals surface area contributed by atoms with Gasteiger partial charge in [-0.25, -0.2) is 9.78 Å². The van der Waals surface area contributed by atoms with Crippen LogP contribution in [0.15, 0.2) is 65.2 Å². The lowest BCUT2D eigenvalue weighted by Gasteiger charge is -2.15. The third-order valence-corrected chi connectivity index (χ3v) is 6.19. The van der Waals surface area contributed by atoms with E-state index < -0.39 is 5.97 Å². The van der Waals surface area contributed by atoms with E-state index in [1.807, 2.05) is 12.1 Å². The van der Waals surface area contributed by atoms with Crippen LogP contribution in [-0.2, 0) is 9.53 Å². The average Bonchev–Trinajstić information content (AvgIpc) is 3.52. The van der Waals surface area contributed by atoms with Crippen LogP contribution < -0.4 is 14.8 Å². The monoisotopic (exact) mass is 529 g/mol. The first-order chi connectivity index (χ1) is 18.9. The number of amides is 1. The number of carbonyl (C=O) groups excluding carboxylic acids is 2. The van der Waals surface area contributed by atoms with Crippen LogP contribution in [0.25, 0.3) is 11.5 Å². The molecule has 1 saturated heterocycles. The fourth-order valence-electron chi connectivity index (χ4n) is 4.10. The summed E-state index contributed by atoms with van der Waals surface area (Å²) in [4.78, 5) is 30.0. The summed E-state index contributed by atoms with van der Waals surface area (Å²) in [6, 6.07) is 15.9. The Morgan fingerprint density at radius 2 is 1.87 bits per heavy atom. The molecular formula is C28H27N5O6. The largest absolute Gasteiger partial charge is 0.493 e. The van der Waals surface area contributed by atoms with Gasteiger partial charge < -0.3 is 28.8 Å². The molecule has 0 aliphatic carbocycles. The highest BCUT2D eigenvalue weighted by molar-refractivity contribution is 5.89. The molecule has 200 valence electrons. The standard InChI is InChI=1S/C28H27N5O6/c1-17-31-32-26(38-17)18-4-7-22(8-5-18)39-24-13-21(30-25-9-6-19(15-29-25)28(35)36-3)12-23(14-24)37-16-20-10-11-33(2)27(20)34/h4-9,12-15,20H,10-11,16H2,1-3H3,(H,29,30). The van der Waals surface area contributed by atoms with E-state index >= 15 is 0 Å². The number of anilines is 2. The number of methoxy groups -OCH3 is 1. The Bertz CT molecular complexity index is 1470. The lowest BCUT2D eigenvalue weighted by Crippen LogP contribution is -2.25. The number of nitrogens with zero attached hydrogens (tertiary/aromatic N) is 4. The Hall–Kier alpha value is -4.93. The number of nitrogens with one attached hydrogen (secondary N) is 1. The number of hydrogen-bond acceptors (Lipinski definition) is 10. The molecule has 1 fully saturated rings. The number of pyridine rings is 1. The van der Waals surface area contributed by atoms with Gasteiger partial charge in [0.15, 0.2) is 0 Å². The Kier molecular flexibility index (Phi) is 7.39. The fraction of sp³-hybridized carbons (Fsp3) is 0.250. The molecule has 1 unspecified atom stereocenters. The van der Waals surface area contributed by atoms with Crippen LogP contribution >= 0.6 is 0 Å². The second-order valence-corrected chi connectivity index (χ2v) is 9.05. The van der Waals surface area contributed by atoms with Crippen LogP contribution in [0.3, 0.4) is 0 Å². The van der Waals surface area contributed by atoms with Gasteiger partial charge in [-0.15, -0.1) is 10.2 Å². The van der Waals surface area contributed by atoms with Crippen molar-refractivity contribution in [1.82, 2.24) is 20.1 Å². The van der Waals surface area contributed by atoms with Gasteiger partial charge in [0.05, 0.1) is 25.2 Å². The number of hydrogen-bond donors (Lipinski definition) is 1. The zero-order valence-corrected chi connectivity index (χ0v) is 21.7. The highest BCUT2D eigenvalue weighted by Gasteiger charge is 2.29. The van der Waals surface area contributed by atoms with Gasteiger partial charge in [0.25, 0.3) is 0 Å². The minimum Gasteiger partial charge on any atom is -0.493 e. The minimum absolute atomic E-state index is 0.0761. The van der Waals surface area contributed by atoms with Gasteiger partial charge in [0.2, 0.25) is 17.7 Å². The molecular weight excluding hydrogens is 502 g/mol. The first kappa shape index (κ1) is 25.7. The number of ether oxygens (including phenoxy) is 3. The third-order valence-electron chi connectivity index (χ3n) is 6.19. The van der Waals surface area contributed by atoms with Gasteiger partial charge in [-0.2, -0.15) is 0 Å². The number of aryl methyl sites for hydroxylation is 1. The second kappa shape index (κ2) is 11.2. The zero-order valence-electron chi connectivity index (χ0n) is 21.7. The number of likely N-dealkylation sites (tertiary alicyclic amines) is 1. The topological polar surface area (TPSA) is 129 Å². The highest BCUT2D eigenvalue weighted by Crippen LogP contribution is 2.33. The molecule has 0 saturated carbocycles. The molecule has 1 amide bonds. The van der Waals surface area contributed by atoms with E-state index in [0.29, 0.717) is 46.1 Å². The summed E-state index contributed by atoms with van der Waals surface area (Å²) in [5, 5.41) is 11.1. The molecule has 11 heteroatoms. The van der Waals surface area contributed by atoms with Crippen LogP contribution in [-0.4, -0.2) is 59.3 Å². The highest BCUT2D eigenvalue weighted by atomic mass is 16.5. The van der Waals surface area contributed by atoms with Crippen molar-refractivity contribution in [2.45, 2.75) is 13.3 Å². The van der Waals surface area contributed by atoms with Crippen molar-refractivity contribution in [3.8, 4) is 28.7 Å². The second-order valence-electron chi connectivity index (χ2n) is 9.05. The van der Waals surface area contributed by atoms with Crippen LogP contribution in [0.2, 0.25) is 0 Å². The Morgan fingerprint density at radius 1 is 1.08 bits per heavy atom. The quantitative estimate of drug-likeness (QED) is 0.307. The molecule has 39 heavy (non-hydrogen) atoms. The molecule has 2 aromatic heterocycles. The SMILES string of the molecule is COC(=O)c1ccc(Nc2cc(OCC3CCN(C)C3=O)cc(Oc3ccc(-c4nnc(C)o4)cc3)c2)nc1. The van der Waals surface area contributed by atoms with Gasteiger partial charge >= 0.3 is 5.97 Å². The van der Waals surface area contributed by atoms with Crippen LogP contribution in [0, 0.1) is 12.8 Å². The molecule has 0 radical (unpaired) electrons. The van der Waals surface area contributed by atoms with Gasteiger partial charge in [-0.05, 0) is 42.8 Å². The van der Waals surface area contributed by atoms with Crippen molar-refractivity contribution in [3.05, 3.63) is 72.2 Å². The maximum absolute atomic E-state index is 12.3. The lowest BCUT2D eigenvalue weighted by molar-refractivity contribution is -0.130. The average molecular weight is 530 g/mol. The Labute approximate surface area is 224 Å². The van der Waals surface area contributed by atoms with Crippen molar-refractivity contribution in [2.24, 2.45) is 5.92 Å². The van der Waals surface area contributed by atoms with E-state index in [2.05, 4.69) is 20.5 Å². The summed E-state index contributed by atoms with van der Waals surface area (Å²) in [7, 11) is 3.11. The summed E-state index contributed by atoms with van der Waals surface area (Å²) in [6.07, 6.45) is 2.18. The molecule has 2 aromatic carbocycles. The molecule has 0 spiro atoms. The molecule has 1 N–H and O–H groups in total. The summed E-state index contributed by atoms with van der Waals surface area (Å²) in [5.74, 6) is 2.48. The molecule has 3 heterocycles. The molecule has 1 atom stereocenters. The van der Waals surface area contributed by atoms with Crippen molar-refractivity contribution in [3.63, 3.8) is 0 Å². The number of carbonyl (C=O) groups is 2. The van der Waals surface area contributed by atoms with Gasteiger partial charge in [0, 0.05) is 56.2 Å². The molecule has 1 aliphatic heterocycles. The molecule has 5 rings (SSSR count). The van der Waals surface area contributed by atoms with Crippen molar-refractivity contribution < 1.29 is 28.2 Å². The Morgan fingerprint density at radius 3 is 2.51 bits per heavy atom.